The van der Waals surface area contributed by atoms with Crippen LogP contribution in [-0.2, 0) is 4.79 Å². The Balaban J connectivity index is 3.99. The van der Waals surface area contributed by atoms with E-state index in [-0.39, 0.29) is 5.92 Å². The molecule has 13 heavy (non-hydrogen) atoms. The number of carbonyl (C=O) groups is 1. The second-order valence-corrected chi connectivity index (χ2v) is 3.34. The Morgan fingerprint density at radius 1 is 1.23 bits per heavy atom. The van der Waals surface area contributed by atoms with E-state index in [0.717, 1.165) is 25.7 Å². The summed E-state index contributed by atoms with van der Waals surface area (Å²) in [4.78, 5) is 11.6. The summed E-state index contributed by atoms with van der Waals surface area (Å²) in [6, 6.07) is 0. The van der Waals surface area contributed by atoms with Crippen LogP contribution < -0.4 is 0 Å². The van der Waals surface area contributed by atoms with Crippen LogP contribution >= 0.6 is 0 Å². The van der Waals surface area contributed by atoms with Crippen LogP contribution in [0.2, 0.25) is 0 Å². The Hall–Kier alpha value is -0.770. The highest BCUT2D eigenvalue weighted by molar-refractivity contribution is 5.83. The fraction of sp³-hybridized carbons (Fsp3) is 0.750. The zero-order chi connectivity index (χ0) is 10.1. The van der Waals surface area contributed by atoms with Crippen LogP contribution in [0, 0.1) is 17.8 Å². The summed E-state index contributed by atoms with van der Waals surface area (Å²) in [5.74, 6) is 6.20. The number of hydrogen-bond donors (Lipinski definition) is 0. The fourth-order valence-corrected chi connectivity index (χ4v) is 1.48. The number of hydrogen-bond acceptors (Lipinski definition) is 1. The maximum absolute atomic E-state index is 11.6. The highest BCUT2D eigenvalue weighted by Gasteiger charge is 2.14. The molecular formula is C12H20O. The normalized spacial score (nSPS) is 9.54. The molecule has 1 nitrogen and oxygen atoms in total. The van der Waals surface area contributed by atoms with Gasteiger partial charge in [0.15, 0.2) is 0 Å². The van der Waals surface area contributed by atoms with Crippen molar-refractivity contribution in [3.8, 4) is 11.8 Å². The van der Waals surface area contributed by atoms with E-state index in [1.807, 2.05) is 0 Å². The second kappa shape index (κ2) is 7.86. The van der Waals surface area contributed by atoms with E-state index in [1.165, 1.54) is 0 Å². The molecule has 0 aliphatic carbocycles. The third kappa shape index (κ3) is 5.47. The first kappa shape index (κ1) is 12.2. The second-order valence-electron chi connectivity index (χ2n) is 3.34. The quantitative estimate of drug-likeness (QED) is 0.574. The van der Waals surface area contributed by atoms with Gasteiger partial charge in [-0.15, -0.1) is 5.92 Å². The molecule has 0 rings (SSSR count). The van der Waals surface area contributed by atoms with Crippen molar-refractivity contribution in [2.75, 3.05) is 0 Å². The van der Waals surface area contributed by atoms with E-state index in [4.69, 9.17) is 0 Å². The number of rotatable bonds is 6. The van der Waals surface area contributed by atoms with Gasteiger partial charge in [-0.05, 0) is 19.8 Å². The van der Waals surface area contributed by atoms with Gasteiger partial charge in [0.25, 0.3) is 0 Å². The monoisotopic (exact) mass is 180 g/mol. The summed E-state index contributed by atoms with van der Waals surface area (Å²) < 4.78 is 0. The molecule has 0 saturated carbocycles. The Kier molecular flexibility index (Phi) is 7.39. The molecule has 0 unspecified atom stereocenters. The number of Topliss-reactive ketones (excluding diaryl/α,β-unsaturated/α-hetero) is 1. The van der Waals surface area contributed by atoms with Gasteiger partial charge in [-0.25, -0.2) is 0 Å². The van der Waals surface area contributed by atoms with Crippen molar-refractivity contribution >= 4 is 5.78 Å². The number of carbonyl (C=O) groups excluding carboxylic acids is 1. The van der Waals surface area contributed by atoms with Gasteiger partial charge in [0.2, 0.25) is 0 Å². The van der Waals surface area contributed by atoms with Gasteiger partial charge in [-0.3, -0.25) is 4.79 Å². The van der Waals surface area contributed by atoms with Gasteiger partial charge in [0.1, 0.15) is 5.78 Å². The standard InChI is InChI=1S/C12H20O/c1-4-7-10-12(13)11(8-5-2)9-6-3/h11H,5-6,8-10H2,1-3H3. The summed E-state index contributed by atoms with van der Waals surface area (Å²) in [6.45, 7) is 6.03. The highest BCUT2D eigenvalue weighted by Crippen LogP contribution is 2.15. The summed E-state index contributed by atoms with van der Waals surface area (Å²) in [5, 5.41) is 0. The van der Waals surface area contributed by atoms with E-state index in [1.54, 1.807) is 6.92 Å². The van der Waals surface area contributed by atoms with Crippen LogP contribution in [0.1, 0.15) is 52.9 Å². The van der Waals surface area contributed by atoms with Crippen molar-refractivity contribution in [2.45, 2.75) is 52.9 Å². The van der Waals surface area contributed by atoms with E-state index >= 15 is 0 Å². The van der Waals surface area contributed by atoms with Crippen LogP contribution in [-0.4, -0.2) is 5.78 Å². The average molecular weight is 180 g/mol. The number of ketones is 1. The van der Waals surface area contributed by atoms with Crippen molar-refractivity contribution in [3.05, 3.63) is 0 Å². The molecule has 74 valence electrons. The van der Waals surface area contributed by atoms with Gasteiger partial charge in [0.05, 0.1) is 6.42 Å². The topological polar surface area (TPSA) is 17.1 Å². The first-order valence-electron chi connectivity index (χ1n) is 5.18. The SMILES string of the molecule is CC#CCC(=O)C(CCC)CCC. The molecule has 0 fully saturated rings. The Bertz CT molecular complexity index is 189. The van der Waals surface area contributed by atoms with Crippen LogP contribution in [0.25, 0.3) is 0 Å². The molecule has 0 bridgehead atoms. The van der Waals surface area contributed by atoms with E-state index in [2.05, 4.69) is 25.7 Å². The molecule has 0 heterocycles. The predicted molar refractivity (Wildman–Crippen MR) is 56.4 cm³/mol. The average Bonchev–Trinajstić information content (AvgIpc) is 2.14. The molecule has 1 heteroatoms. The summed E-state index contributed by atoms with van der Waals surface area (Å²) in [6.07, 6.45) is 4.68. The molecule has 0 aromatic heterocycles. The lowest BCUT2D eigenvalue weighted by molar-refractivity contribution is -0.122. The smallest absolute Gasteiger partial charge is 0.147 e. The maximum Gasteiger partial charge on any atom is 0.147 e. The van der Waals surface area contributed by atoms with Gasteiger partial charge in [-0.2, -0.15) is 0 Å². The van der Waals surface area contributed by atoms with Crippen molar-refractivity contribution in [1.29, 1.82) is 0 Å². The predicted octanol–water partition coefficient (Wildman–Crippen LogP) is 3.19. The minimum Gasteiger partial charge on any atom is -0.298 e. The minimum absolute atomic E-state index is 0.260. The first-order chi connectivity index (χ1) is 6.26. The van der Waals surface area contributed by atoms with Gasteiger partial charge in [-0.1, -0.05) is 32.6 Å². The molecule has 0 aliphatic heterocycles. The van der Waals surface area contributed by atoms with Gasteiger partial charge >= 0.3 is 0 Å². The maximum atomic E-state index is 11.6. The molecule has 0 saturated heterocycles. The zero-order valence-corrected chi connectivity index (χ0v) is 9.02. The molecule has 0 amide bonds. The van der Waals surface area contributed by atoms with Crippen molar-refractivity contribution in [2.24, 2.45) is 5.92 Å². The summed E-state index contributed by atoms with van der Waals surface area (Å²) >= 11 is 0. The molecule has 0 atom stereocenters. The van der Waals surface area contributed by atoms with E-state index in [0.29, 0.717) is 12.2 Å². The third-order valence-electron chi connectivity index (χ3n) is 2.17. The first-order valence-corrected chi connectivity index (χ1v) is 5.18. The van der Waals surface area contributed by atoms with Gasteiger partial charge in [0, 0.05) is 5.92 Å². The summed E-state index contributed by atoms with van der Waals surface area (Å²) in [5.41, 5.74) is 0. The Morgan fingerprint density at radius 2 is 1.77 bits per heavy atom. The van der Waals surface area contributed by atoms with Crippen LogP contribution in [0.3, 0.4) is 0 Å². The molecule has 0 aliphatic rings. The van der Waals surface area contributed by atoms with E-state index in [9.17, 15) is 4.79 Å². The van der Waals surface area contributed by atoms with Crippen molar-refractivity contribution in [3.63, 3.8) is 0 Å². The zero-order valence-electron chi connectivity index (χ0n) is 9.02. The molecule has 0 radical (unpaired) electrons. The van der Waals surface area contributed by atoms with Crippen LogP contribution in [0.4, 0.5) is 0 Å². The molecule has 0 aromatic carbocycles. The minimum atomic E-state index is 0.260. The van der Waals surface area contributed by atoms with Crippen molar-refractivity contribution in [1.82, 2.24) is 0 Å². The molecule has 0 N–H and O–H groups in total. The third-order valence-corrected chi connectivity index (χ3v) is 2.17. The molecule has 0 aromatic rings. The lowest BCUT2D eigenvalue weighted by Gasteiger charge is -2.11. The van der Waals surface area contributed by atoms with Crippen LogP contribution in [0.5, 0.6) is 0 Å². The lowest BCUT2D eigenvalue weighted by atomic mass is 9.92. The lowest BCUT2D eigenvalue weighted by Crippen LogP contribution is -2.13. The van der Waals surface area contributed by atoms with Gasteiger partial charge < -0.3 is 0 Å². The fourth-order valence-electron chi connectivity index (χ4n) is 1.48. The van der Waals surface area contributed by atoms with Crippen LogP contribution in [0.15, 0.2) is 0 Å². The largest absolute Gasteiger partial charge is 0.298 e. The van der Waals surface area contributed by atoms with Crippen molar-refractivity contribution < 1.29 is 4.79 Å². The molecule has 0 spiro atoms. The Labute approximate surface area is 81.9 Å². The molecular weight excluding hydrogens is 160 g/mol. The highest BCUT2D eigenvalue weighted by atomic mass is 16.1. The summed E-state index contributed by atoms with van der Waals surface area (Å²) in [7, 11) is 0. The Morgan fingerprint density at radius 3 is 2.15 bits per heavy atom. The van der Waals surface area contributed by atoms with E-state index < -0.39 is 0 Å².